The molecule has 21 heavy (non-hydrogen) atoms. The lowest BCUT2D eigenvalue weighted by Gasteiger charge is -2.16. The summed E-state index contributed by atoms with van der Waals surface area (Å²) in [5.41, 5.74) is 1.47. The minimum atomic E-state index is -0.343. The quantitative estimate of drug-likeness (QED) is 0.826. The lowest BCUT2D eigenvalue weighted by Crippen LogP contribution is -2.26. The molecule has 2 aromatic rings. The van der Waals surface area contributed by atoms with Crippen molar-refractivity contribution < 1.29 is 14.3 Å². The summed E-state index contributed by atoms with van der Waals surface area (Å²) in [5.74, 6) is 1.39. The molecule has 4 nitrogen and oxygen atoms in total. The van der Waals surface area contributed by atoms with Crippen LogP contribution in [0.3, 0.4) is 0 Å². The van der Waals surface area contributed by atoms with Gasteiger partial charge in [0.05, 0.1) is 20.3 Å². The topological polar surface area (TPSA) is 47.6 Å². The lowest BCUT2D eigenvalue weighted by atomic mass is 10.1. The maximum Gasteiger partial charge on any atom is 0.184 e. The zero-order valence-corrected chi connectivity index (χ0v) is 12.4. The highest BCUT2D eigenvalue weighted by Crippen LogP contribution is 2.26. The first-order chi connectivity index (χ1) is 10.1. The van der Waals surface area contributed by atoms with Gasteiger partial charge in [-0.15, -0.1) is 0 Å². The molecule has 0 heterocycles. The summed E-state index contributed by atoms with van der Waals surface area (Å²) in [6.07, 6.45) is 0. The van der Waals surface area contributed by atoms with Gasteiger partial charge < -0.3 is 14.8 Å². The molecule has 1 unspecified atom stereocenters. The molecule has 0 bridgehead atoms. The van der Waals surface area contributed by atoms with Crippen molar-refractivity contribution in [1.82, 2.24) is 0 Å². The van der Waals surface area contributed by atoms with Gasteiger partial charge >= 0.3 is 0 Å². The van der Waals surface area contributed by atoms with Crippen molar-refractivity contribution in [2.24, 2.45) is 0 Å². The number of hydrogen-bond acceptors (Lipinski definition) is 4. The van der Waals surface area contributed by atoms with Gasteiger partial charge in [-0.25, -0.2) is 0 Å². The summed E-state index contributed by atoms with van der Waals surface area (Å²) in [7, 11) is 3.19. The molecule has 0 aromatic heterocycles. The fourth-order valence-electron chi connectivity index (χ4n) is 2.06. The van der Waals surface area contributed by atoms with Gasteiger partial charge in [0.1, 0.15) is 11.5 Å². The van der Waals surface area contributed by atoms with E-state index in [9.17, 15) is 4.79 Å². The lowest BCUT2D eigenvalue weighted by molar-refractivity contribution is 0.0975. The van der Waals surface area contributed by atoms with E-state index in [1.807, 2.05) is 49.4 Å². The molecule has 0 aliphatic heterocycles. The summed E-state index contributed by atoms with van der Waals surface area (Å²) in [6.45, 7) is 1.83. The van der Waals surface area contributed by atoms with Gasteiger partial charge in [-0.3, -0.25) is 4.79 Å². The standard InChI is InChI=1S/C17H19NO3/c1-12(17(19)13-7-5-4-6-8-13)18-14-9-15(20-2)11-16(10-14)21-3/h4-12,18H,1-3H3. The number of carbonyl (C=O) groups is 1. The number of hydrogen-bond donors (Lipinski definition) is 1. The third kappa shape index (κ3) is 3.75. The Hall–Kier alpha value is -2.49. The van der Waals surface area contributed by atoms with E-state index in [0.717, 1.165) is 5.69 Å². The summed E-state index contributed by atoms with van der Waals surface area (Å²) < 4.78 is 10.4. The number of ketones is 1. The maximum absolute atomic E-state index is 12.3. The fraction of sp³-hybridized carbons (Fsp3) is 0.235. The van der Waals surface area contributed by atoms with E-state index in [0.29, 0.717) is 17.1 Å². The van der Waals surface area contributed by atoms with E-state index >= 15 is 0 Å². The highest BCUT2D eigenvalue weighted by molar-refractivity contribution is 6.01. The van der Waals surface area contributed by atoms with Gasteiger partial charge in [-0.05, 0) is 6.92 Å². The minimum absolute atomic E-state index is 0.0392. The first-order valence-corrected chi connectivity index (χ1v) is 6.73. The smallest absolute Gasteiger partial charge is 0.184 e. The SMILES string of the molecule is COc1cc(NC(C)C(=O)c2ccccc2)cc(OC)c1. The van der Waals surface area contributed by atoms with Crippen LogP contribution in [-0.2, 0) is 0 Å². The predicted octanol–water partition coefficient (Wildman–Crippen LogP) is 3.39. The third-order valence-corrected chi connectivity index (χ3v) is 3.19. The molecule has 110 valence electrons. The third-order valence-electron chi connectivity index (χ3n) is 3.19. The van der Waals surface area contributed by atoms with Gasteiger partial charge in [0.2, 0.25) is 0 Å². The van der Waals surface area contributed by atoms with Crippen LogP contribution in [0.1, 0.15) is 17.3 Å². The van der Waals surface area contributed by atoms with Crippen molar-refractivity contribution in [1.29, 1.82) is 0 Å². The molecule has 0 fully saturated rings. The molecule has 2 rings (SSSR count). The Bertz CT molecular complexity index is 588. The molecule has 0 radical (unpaired) electrons. The van der Waals surface area contributed by atoms with Crippen LogP contribution in [0.25, 0.3) is 0 Å². The van der Waals surface area contributed by atoms with E-state index in [-0.39, 0.29) is 11.8 Å². The van der Waals surface area contributed by atoms with Crippen LogP contribution in [0, 0.1) is 0 Å². The van der Waals surface area contributed by atoms with Crippen molar-refractivity contribution in [3.05, 3.63) is 54.1 Å². The zero-order chi connectivity index (χ0) is 15.2. The van der Waals surface area contributed by atoms with Crippen molar-refractivity contribution in [3.63, 3.8) is 0 Å². The number of ether oxygens (including phenoxy) is 2. The second-order valence-electron chi connectivity index (χ2n) is 4.70. The molecule has 0 aliphatic carbocycles. The number of Topliss-reactive ketones (excluding diaryl/α,β-unsaturated/α-hetero) is 1. The fourth-order valence-corrected chi connectivity index (χ4v) is 2.06. The predicted molar refractivity (Wildman–Crippen MR) is 83.4 cm³/mol. The summed E-state index contributed by atoms with van der Waals surface area (Å²) in [6, 6.07) is 14.3. The van der Waals surface area contributed by atoms with Crippen LogP contribution in [0.15, 0.2) is 48.5 Å². The Labute approximate surface area is 124 Å². The Kier molecular flexibility index (Phi) is 4.82. The summed E-state index contributed by atoms with van der Waals surface area (Å²) >= 11 is 0. The van der Waals surface area contributed by atoms with Gasteiger partial charge in [-0.1, -0.05) is 30.3 Å². The molecular weight excluding hydrogens is 266 g/mol. The van der Waals surface area contributed by atoms with Gasteiger partial charge in [0, 0.05) is 29.4 Å². The van der Waals surface area contributed by atoms with Crippen LogP contribution in [0.5, 0.6) is 11.5 Å². The van der Waals surface area contributed by atoms with E-state index in [4.69, 9.17) is 9.47 Å². The van der Waals surface area contributed by atoms with Crippen LogP contribution < -0.4 is 14.8 Å². The molecule has 2 aromatic carbocycles. The number of anilines is 1. The normalized spacial score (nSPS) is 11.6. The molecular formula is C17H19NO3. The molecule has 0 saturated heterocycles. The molecule has 1 atom stereocenters. The van der Waals surface area contributed by atoms with Crippen LogP contribution in [-0.4, -0.2) is 26.0 Å². The van der Waals surface area contributed by atoms with Crippen LogP contribution in [0.4, 0.5) is 5.69 Å². The van der Waals surface area contributed by atoms with Gasteiger partial charge in [0.15, 0.2) is 5.78 Å². The number of rotatable bonds is 6. The Balaban J connectivity index is 2.15. The zero-order valence-electron chi connectivity index (χ0n) is 12.4. The Morgan fingerprint density at radius 2 is 1.57 bits per heavy atom. The molecule has 0 saturated carbocycles. The maximum atomic E-state index is 12.3. The minimum Gasteiger partial charge on any atom is -0.497 e. The highest BCUT2D eigenvalue weighted by Gasteiger charge is 2.15. The number of nitrogens with one attached hydrogen (secondary N) is 1. The second kappa shape index (κ2) is 6.79. The summed E-state index contributed by atoms with van der Waals surface area (Å²) in [4.78, 5) is 12.3. The van der Waals surface area contributed by atoms with Crippen LogP contribution in [0.2, 0.25) is 0 Å². The Morgan fingerprint density at radius 1 is 1.00 bits per heavy atom. The molecule has 0 aliphatic rings. The van der Waals surface area contributed by atoms with Gasteiger partial charge in [0.25, 0.3) is 0 Å². The molecule has 4 heteroatoms. The van der Waals surface area contributed by atoms with Crippen molar-refractivity contribution in [2.75, 3.05) is 19.5 Å². The average Bonchev–Trinajstić information content (AvgIpc) is 2.54. The highest BCUT2D eigenvalue weighted by atomic mass is 16.5. The number of benzene rings is 2. The van der Waals surface area contributed by atoms with Gasteiger partial charge in [-0.2, -0.15) is 0 Å². The van der Waals surface area contributed by atoms with Crippen molar-refractivity contribution >= 4 is 11.5 Å². The monoisotopic (exact) mass is 285 g/mol. The molecule has 1 N–H and O–H groups in total. The Morgan fingerprint density at radius 3 is 2.10 bits per heavy atom. The number of carbonyl (C=O) groups excluding carboxylic acids is 1. The van der Waals surface area contributed by atoms with E-state index in [1.54, 1.807) is 20.3 Å². The van der Waals surface area contributed by atoms with E-state index < -0.39 is 0 Å². The first kappa shape index (κ1) is 14.9. The largest absolute Gasteiger partial charge is 0.497 e. The summed E-state index contributed by atoms with van der Waals surface area (Å²) in [5, 5.41) is 3.18. The number of methoxy groups -OCH3 is 2. The first-order valence-electron chi connectivity index (χ1n) is 6.73. The molecule has 0 spiro atoms. The van der Waals surface area contributed by atoms with Crippen molar-refractivity contribution in [2.45, 2.75) is 13.0 Å². The average molecular weight is 285 g/mol. The van der Waals surface area contributed by atoms with Crippen LogP contribution >= 0.6 is 0 Å². The second-order valence-corrected chi connectivity index (χ2v) is 4.70. The molecule has 0 amide bonds. The van der Waals surface area contributed by atoms with E-state index in [2.05, 4.69) is 5.32 Å². The van der Waals surface area contributed by atoms with Crippen molar-refractivity contribution in [3.8, 4) is 11.5 Å². The van der Waals surface area contributed by atoms with E-state index in [1.165, 1.54) is 0 Å².